The molecule has 1 aliphatic heterocycles. The smallest absolute Gasteiger partial charge is 0.116 e. The fraction of sp³-hybridized carbons (Fsp3) is 0.333. The van der Waals surface area contributed by atoms with Gasteiger partial charge in [0.15, 0.2) is 0 Å². The second kappa shape index (κ2) is 2.44. The molecule has 3 nitrogen and oxygen atoms in total. The van der Waals surface area contributed by atoms with Crippen molar-refractivity contribution >= 4 is 0 Å². The van der Waals surface area contributed by atoms with Crippen molar-refractivity contribution in [1.82, 2.24) is 5.53 Å². The fourth-order valence-corrected chi connectivity index (χ4v) is 0.635. The molecule has 0 N–H and O–H groups in total. The van der Waals surface area contributed by atoms with E-state index in [0.717, 1.165) is 0 Å². The van der Waals surface area contributed by atoms with E-state index in [2.05, 4.69) is 5.11 Å². The lowest BCUT2D eigenvalue weighted by Gasteiger charge is -2.09. The van der Waals surface area contributed by atoms with E-state index in [9.17, 15) is 0 Å². The molecule has 0 aromatic rings. The Morgan fingerprint density at radius 3 is 3.00 bits per heavy atom. The van der Waals surface area contributed by atoms with Gasteiger partial charge in [-0.2, -0.15) is 0 Å². The maximum atomic E-state index is 8.26. The molecular weight excluding hydrogens is 116 g/mol. The van der Waals surface area contributed by atoms with E-state index >= 15 is 0 Å². The van der Waals surface area contributed by atoms with Gasteiger partial charge in [-0.05, 0) is 18.5 Å². The average Bonchev–Trinajstić information content (AvgIpc) is 1.88. The summed E-state index contributed by atoms with van der Waals surface area (Å²) in [6.45, 7) is 1.87. The van der Waals surface area contributed by atoms with Gasteiger partial charge < -0.3 is 4.74 Å². The summed E-state index contributed by atoms with van der Waals surface area (Å²) in [5.41, 5.74) is 8.81. The van der Waals surface area contributed by atoms with Crippen LogP contribution in [-0.2, 0) is 4.74 Å². The molecule has 1 rings (SSSR count). The Morgan fingerprint density at radius 1 is 1.78 bits per heavy atom. The van der Waals surface area contributed by atoms with Gasteiger partial charge >= 0.3 is 0 Å². The van der Waals surface area contributed by atoms with Crippen LogP contribution in [0.4, 0.5) is 0 Å². The van der Waals surface area contributed by atoms with Crippen molar-refractivity contribution in [2.24, 2.45) is 5.11 Å². The largest absolute Gasteiger partial charge is 0.494 e. The van der Waals surface area contributed by atoms with Crippen LogP contribution < -0.4 is 5.53 Å². The molecule has 0 fully saturated rings. The van der Waals surface area contributed by atoms with E-state index in [1.807, 2.05) is 6.92 Å². The summed E-state index contributed by atoms with van der Waals surface area (Å²) in [6, 6.07) is 0. The molecule has 0 amide bonds. The lowest BCUT2D eigenvalue weighted by molar-refractivity contribution is 0.199. The first-order chi connectivity index (χ1) is 4.33. The summed E-state index contributed by atoms with van der Waals surface area (Å²) in [5.74, 6) is 0. The van der Waals surface area contributed by atoms with Gasteiger partial charge in [-0.15, -0.1) is 5.11 Å². The van der Waals surface area contributed by atoms with Crippen LogP contribution in [0.3, 0.4) is 0 Å². The molecule has 1 unspecified atom stereocenters. The third-order valence-corrected chi connectivity index (χ3v) is 1.05. The molecule has 0 bridgehead atoms. The number of nitrogens with zero attached hydrogens (tertiary/aromatic N) is 2. The monoisotopic (exact) mass is 123 g/mol. The second-order valence-electron chi connectivity index (χ2n) is 1.84. The zero-order valence-corrected chi connectivity index (χ0v) is 5.11. The highest BCUT2D eigenvalue weighted by atomic mass is 16.5. The molecule has 1 atom stereocenters. The van der Waals surface area contributed by atoms with Crippen molar-refractivity contribution < 1.29 is 4.74 Å². The van der Waals surface area contributed by atoms with Crippen LogP contribution in [0, 0.1) is 0 Å². The highest BCUT2D eigenvalue weighted by Crippen LogP contribution is 2.08. The minimum atomic E-state index is 0.0147. The van der Waals surface area contributed by atoms with Gasteiger partial charge in [0.2, 0.25) is 0 Å². The SMILES string of the molecule is CC1C=C(N=[N])C=CO1. The second-order valence-corrected chi connectivity index (χ2v) is 1.84. The van der Waals surface area contributed by atoms with Crippen LogP contribution in [0.1, 0.15) is 6.92 Å². The van der Waals surface area contributed by atoms with Gasteiger partial charge in [-0.3, -0.25) is 0 Å². The van der Waals surface area contributed by atoms with Crippen molar-refractivity contribution in [2.75, 3.05) is 0 Å². The van der Waals surface area contributed by atoms with E-state index < -0.39 is 0 Å². The van der Waals surface area contributed by atoms with Gasteiger partial charge in [0.05, 0.1) is 12.0 Å². The molecule has 0 saturated heterocycles. The lowest BCUT2D eigenvalue weighted by Crippen LogP contribution is -2.03. The summed E-state index contributed by atoms with van der Waals surface area (Å²) >= 11 is 0. The van der Waals surface area contributed by atoms with Crippen LogP contribution in [-0.4, -0.2) is 6.10 Å². The molecule has 0 spiro atoms. The molecule has 0 aliphatic carbocycles. The zero-order valence-electron chi connectivity index (χ0n) is 5.11. The number of allylic oxidation sites excluding steroid dienone is 1. The fourth-order valence-electron chi connectivity index (χ4n) is 0.635. The third kappa shape index (κ3) is 1.38. The van der Waals surface area contributed by atoms with Gasteiger partial charge in [-0.1, -0.05) is 0 Å². The first kappa shape index (κ1) is 6.01. The molecule has 3 heteroatoms. The summed E-state index contributed by atoms with van der Waals surface area (Å²) in [5, 5.41) is 2.99. The van der Waals surface area contributed by atoms with Gasteiger partial charge in [-0.25, -0.2) is 0 Å². The van der Waals surface area contributed by atoms with E-state index in [0.29, 0.717) is 5.70 Å². The van der Waals surface area contributed by atoms with Gasteiger partial charge in [0.25, 0.3) is 0 Å². The van der Waals surface area contributed by atoms with Crippen LogP contribution in [0.25, 0.3) is 0 Å². The molecule has 47 valence electrons. The summed E-state index contributed by atoms with van der Waals surface area (Å²) in [6.07, 6.45) is 4.85. The highest BCUT2D eigenvalue weighted by molar-refractivity contribution is 5.19. The van der Waals surface area contributed by atoms with Crippen molar-refractivity contribution in [2.45, 2.75) is 13.0 Å². The number of ether oxygens (including phenoxy) is 1. The van der Waals surface area contributed by atoms with Crippen molar-refractivity contribution in [1.29, 1.82) is 0 Å². The molecule has 0 saturated carbocycles. The Balaban J connectivity index is 2.70. The first-order valence-corrected chi connectivity index (χ1v) is 2.72. The lowest BCUT2D eigenvalue weighted by atomic mass is 10.3. The van der Waals surface area contributed by atoms with Crippen molar-refractivity contribution in [3.63, 3.8) is 0 Å². The van der Waals surface area contributed by atoms with E-state index in [1.165, 1.54) is 6.26 Å². The Kier molecular flexibility index (Phi) is 1.63. The van der Waals surface area contributed by atoms with Crippen molar-refractivity contribution in [3.05, 3.63) is 24.1 Å². The van der Waals surface area contributed by atoms with Gasteiger partial charge in [0, 0.05) is 6.08 Å². The minimum Gasteiger partial charge on any atom is -0.494 e. The number of hydrogen-bond acceptors (Lipinski definition) is 2. The van der Waals surface area contributed by atoms with Crippen LogP contribution in [0.2, 0.25) is 0 Å². The quantitative estimate of drug-likeness (QED) is 0.480. The molecule has 1 aliphatic rings. The van der Waals surface area contributed by atoms with E-state index in [-0.39, 0.29) is 6.10 Å². The number of hydrogen-bond donors (Lipinski definition) is 0. The summed E-state index contributed by atoms with van der Waals surface area (Å²) in [4.78, 5) is 0. The van der Waals surface area contributed by atoms with Crippen LogP contribution in [0.15, 0.2) is 29.2 Å². The van der Waals surface area contributed by atoms with E-state index in [1.54, 1.807) is 12.2 Å². The molecule has 1 radical (unpaired) electrons. The van der Waals surface area contributed by atoms with Crippen LogP contribution in [0.5, 0.6) is 0 Å². The molecule has 0 aromatic heterocycles. The molecular formula is C6H7N2O. The summed E-state index contributed by atoms with van der Waals surface area (Å²) < 4.78 is 4.98. The molecule has 9 heavy (non-hydrogen) atoms. The maximum Gasteiger partial charge on any atom is 0.116 e. The van der Waals surface area contributed by atoms with E-state index in [4.69, 9.17) is 10.3 Å². The minimum absolute atomic E-state index is 0.0147. The standard InChI is InChI=1S/C6H7N2O/c1-5-4-6(8-7)2-3-9-5/h2-5H,1H3. The number of rotatable bonds is 1. The average molecular weight is 123 g/mol. The molecule has 1 heterocycles. The third-order valence-electron chi connectivity index (χ3n) is 1.05. The van der Waals surface area contributed by atoms with Gasteiger partial charge in [0.1, 0.15) is 6.10 Å². The van der Waals surface area contributed by atoms with Crippen LogP contribution >= 0.6 is 0 Å². The Hall–Kier alpha value is -1.12. The predicted molar refractivity (Wildman–Crippen MR) is 32.3 cm³/mol. The normalized spacial score (nSPS) is 24.6. The highest BCUT2D eigenvalue weighted by Gasteiger charge is 2.01. The predicted octanol–water partition coefficient (Wildman–Crippen LogP) is 1.05. The van der Waals surface area contributed by atoms with Crippen molar-refractivity contribution in [3.8, 4) is 0 Å². The molecule has 0 aromatic carbocycles. The Bertz CT molecular complexity index is 172. The Labute approximate surface area is 53.5 Å². The zero-order chi connectivity index (χ0) is 6.69. The first-order valence-electron chi connectivity index (χ1n) is 2.72. The Morgan fingerprint density at radius 2 is 2.56 bits per heavy atom. The summed E-state index contributed by atoms with van der Waals surface area (Å²) in [7, 11) is 0. The topological polar surface area (TPSA) is 43.9 Å². The maximum absolute atomic E-state index is 8.26.